The number of rotatable bonds is 3. The maximum absolute atomic E-state index is 12.4. The lowest BCUT2D eigenvalue weighted by atomic mass is 9.83. The number of carbonyl (C=O) groups excluding carboxylic acids is 1. The quantitative estimate of drug-likeness (QED) is 0.906. The summed E-state index contributed by atoms with van der Waals surface area (Å²) < 4.78 is 4.29. The maximum Gasteiger partial charge on any atom is 0.323 e. The first kappa shape index (κ1) is 15.9. The second-order valence-corrected chi connectivity index (χ2v) is 6.97. The first-order valence-electron chi connectivity index (χ1n) is 7.66. The Kier molecular flexibility index (Phi) is 4.58. The van der Waals surface area contributed by atoms with Crippen LogP contribution in [0.5, 0.6) is 0 Å². The first-order valence-corrected chi connectivity index (χ1v) is 8.43. The number of benzene rings is 1. The normalized spacial score (nSPS) is 21.2. The zero-order valence-corrected chi connectivity index (χ0v) is 13.8. The lowest BCUT2D eigenvalue weighted by molar-refractivity contribution is 0.0648. The molecule has 23 heavy (non-hydrogen) atoms. The van der Waals surface area contributed by atoms with Crippen molar-refractivity contribution in [1.29, 1.82) is 0 Å². The molecule has 7 heteroatoms. The summed E-state index contributed by atoms with van der Waals surface area (Å²) in [5, 5.41) is 12.8. The third-order valence-electron chi connectivity index (χ3n) is 4.12. The smallest absolute Gasteiger partial charge is 0.323 e. The SMILES string of the molecule is CC1(CO)CCCN(C(=O)Nc2nc(-c3ccccc3)ns2)C1. The largest absolute Gasteiger partial charge is 0.396 e. The van der Waals surface area contributed by atoms with Crippen LogP contribution in [0.15, 0.2) is 30.3 Å². The van der Waals surface area contributed by atoms with E-state index >= 15 is 0 Å². The van der Waals surface area contributed by atoms with E-state index in [0.29, 0.717) is 24.0 Å². The van der Waals surface area contributed by atoms with Gasteiger partial charge in [0.25, 0.3) is 0 Å². The summed E-state index contributed by atoms with van der Waals surface area (Å²) in [5.74, 6) is 0.616. The Morgan fingerprint density at radius 1 is 1.43 bits per heavy atom. The van der Waals surface area contributed by atoms with Crippen LogP contribution in [0.25, 0.3) is 11.4 Å². The monoisotopic (exact) mass is 332 g/mol. The summed E-state index contributed by atoms with van der Waals surface area (Å²) in [7, 11) is 0. The molecule has 122 valence electrons. The first-order chi connectivity index (χ1) is 11.1. The van der Waals surface area contributed by atoms with Crippen molar-refractivity contribution in [2.24, 2.45) is 5.41 Å². The minimum atomic E-state index is -0.216. The molecule has 1 fully saturated rings. The van der Waals surface area contributed by atoms with Crippen LogP contribution in [0.3, 0.4) is 0 Å². The van der Waals surface area contributed by atoms with Crippen LogP contribution in [0, 0.1) is 5.41 Å². The molecule has 2 N–H and O–H groups in total. The molecule has 1 unspecified atom stereocenters. The Balaban J connectivity index is 1.66. The molecule has 0 aliphatic carbocycles. The highest BCUT2D eigenvalue weighted by Gasteiger charge is 2.32. The highest BCUT2D eigenvalue weighted by atomic mass is 32.1. The number of amides is 2. The Bertz CT molecular complexity index is 676. The van der Waals surface area contributed by atoms with Crippen LogP contribution in [0.2, 0.25) is 0 Å². The summed E-state index contributed by atoms with van der Waals surface area (Å²) in [6.45, 7) is 3.35. The molecule has 0 bridgehead atoms. The van der Waals surface area contributed by atoms with Crippen molar-refractivity contribution >= 4 is 22.7 Å². The summed E-state index contributed by atoms with van der Waals surface area (Å²) in [5.41, 5.74) is 0.710. The van der Waals surface area contributed by atoms with Crippen molar-refractivity contribution in [2.45, 2.75) is 19.8 Å². The molecule has 1 aliphatic rings. The van der Waals surface area contributed by atoms with Crippen molar-refractivity contribution in [3.63, 3.8) is 0 Å². The third-order valence-corrected chi connectivity index (χ3v) is 4.75. The number of aliphatic hydroxyl groups is 1. The minimum Gasteiger partial charge on any atom is -0.396 e. The Morgan fingerprint density at radius 2 is 2.22 bits per heavy atom. The van der Waals surface area contributed by atoms with Crippen LogP contribution in [-0.2, 0) is 0 Å². The standard InChI is InChI=1S/C16H20N4O2S/c1-16(11-21)8-5-9-20(10-16)15(22)18-14-17-13(19-23-14)12-6-3-2-4-7-12/h2-4,6-7,21H,5,8-11H2,1H3,(H,17,18,19,22). The summed E-state index contributed by atoms with van der Waals surface area (Å²) in [4.78, 5) is 18.5. The van der Waals surface area contributed by atoms with E-state index in [1.165, 1.54) is 11.5 Å². The molecule has 1 aromatic carbocycles. The van der Waals surface area contributed by atoms with Gasteiger partial charge in [-0.25, -0.2) is 4.79 Å². The highest BCUT2D eigenvalue weighted by molar-refractivity contribution is 7.10. The van der Waals surface area contributed by atoms with Gasteiger partial charge in [-0.15, -0.1) is 0 Å². The molecular formula is C16H20N4O2S. The summed E-state index contributed by atoms with van der Waals surface area (Å²) in [6, 6.07) is 9.49. The molecule has 2 heterocycles. The van der Waals surface area contributed by atoms with Crippen LogP contribution >= 0.6 is 11.5 Å². The summed E-state index contributed by atoms with van der Waals surface area (Å²) >= 11 is 1.17. The van der Waals surface area contributed by atoms with Gasteiger partial charge in [0.05, 0.1) is 6.61 Å². The Morgan fingerprint density at radius 3 is 2.96 bits per heavy atom. The number of urea groups is 1. The second-order valence-electron chi connectivity index (χ2n) is 6.21. The molecule has 2 aromatic rings. The lowest BCUT2D eigenvalue weighted by Crippen LogP contribution is -2.47. The van der Waals surface area contributed by atoms with Gasteiger partial charge in [0.1, 0.15) is 0 Å². The average Bonchev–Trinajstić information content (AvgIpc) is 3.04. The van der Waals surface area contributed by atoms with Gasteiger partial charge in [-0.05, 0) is 12.8 Å². The fraction of sp³-hybridized carbons (Fsp3) is 0.438. The van der Waals surface area contributed by atoms with Gasteiger partial charge in [-0.2, -0.15) is 9.36 Å². The molecule has 0 radical (unpaired) electrons. The summed E-state index contributed by atoms with van der Waals surface area (Å²) in [6.07, 6.45) is 1.83. The zero-order valence-electron chi connectivity index (χ0n) is 13.0. The minimum absolute atomic E-state index is 0.0910. The Labute approximate surface area is 139 Å². The van der Waals surface area contributed by atoms with E-state index < -0.39 is 0 Å². The van der Waals surface area contributed by atoms with Gasteiger partial charge in [0.2, 0.25) is 5.13 Å². The van der Waals surface area contributed by atoms with E-state index in [1.54, 1.807) is 4.90 Å². The van der Waals surface area contributed by atoms with Gasteiger partial charge in [0.15, 0.2) is 5.82 Å². The van der Waals surface area contributed by atoms with Crippen LogP contribution in [0.1, 0.15) is 19.8 Å². The molecule has 1 aliphatic heterocycles. The van der Waals surface area contributed by atoms with Gasteiger partial charge in [-0.3, -0.25) is 5.32 Å². The van der Waals surface area contributed by atoms with E-state index in [2.05, 4.69) is 14.7 Å². The van der Waals surface area contributed by atoms with Gasteiger partial charge < -0.3 is 10.0 Å². The molecule has 0 saturated carbocycles. The predicted molar refractivity (Wildman–Crippen MR) is 90.4 cm³/mol. The van der Waals surface area contributed by atoms with E-state index in [0.717, 1.165) is 18.4 Å². The number of likely N-dealkylation sites (tertiary alicyclic amines) is 1. The van der Waals surface area contributed by atoms with Gasteiger partial charge >= 0.3 is 6.03 Å². The van der Waals surface area contributed by atoms with Crippen molar-refractivity contribution in [3.05, 3.63) is 30.3 Å². The molecule has 1 atom stereocenters. The van der Waals surface area contributed by atoms with Gasteiger partial charge in [-0.1, -0.05) is 37.3 Å². The van der Waals surface area contributed by atoms with Crippen molar-refractivity contribution in [2.75, 3.05) is 25.0 Å². The number of piperidine rings is 1. The van der Waals surface area contributed by atoms with Crippen LogP contribution in [-0.4, -0.2) is 45.1 Å². The molecular weight excluding hydrogens is 312 g/mol. The second kappa shape index (κ2) is 6.64. The van der Waals surface area contributed by atoms with E-state index in [-0.39, 0.29) is 18.1 Å². The Hall–Kier alpha value is -1.99. The van der Waals surface area contributed by atoms with Crippen molar-refractivity contribution < 1.29 is 9.90 Å². The number of nitrogens with one attached hydrogen (secondary N) is 1. The van der Waals surface area contributed by atoms with Crippen molar-refractivity contribution in [1.82, 2.24) is 14.3 Å². The average molecular weight is 332 g/mol. The van der Waals surface area contributed by atoms with Crippen molar-refractivity contribution in [3.8, 4) is 11.4 Å². The van der Waals surface area contributed by atoms with E-state index in [1.807, 2.05) is 37.3 Å². The number of hydrogen-bond donors (Lipinski definition) is 2. The number of aromatic nitrogens is 2. The molecule has 3 rings (SSSR count). The van der Waals surface area contributed by atoms with Crippen LogP contribution < -0.4 is 5.32 Å². The van der Waals surface area contributed by atoms with Crippen LogP contribution in [0.4, 0.5) is 9.93 Å². The molecule has 2 amide bonds. The number of carbonyl (C=O) groups is 1. The fourth-order valence-electron chi connectivity index (χ4n) is 2.77. The number of aliphatic hydroxyl groups excluding tert-OH is 1. The number of nitrogens with zero attached hydrogens (tertiary/aromatic N) is 3. The third kappa shape index (κ3) is 3.68. The van der Waals surface area contributed by atoms with Gasteiger partial charge in [0, 0.05) is 35.6 Å². The fourth-order valence-corrected chi connectivity index (χ4v) is 3.35. The highest BCUT2D eigenvalue weighted by Crippen LogP contribution is 2.29. The number of hydrogen-bond acceptors (Lipinski definition) is 5. The predicted octanol–water partition coefficient (Wildman–Crippen LogP) is 2.83. The molecule has 1 aromatic heterocycles. The molecule has 1 saturated heterocycles. The molecule has 6 nitrogen and oxygen atoms in total. The number of anilines is 1. The van der Waals surface area contributed by atoms with E-state index in [4.69, 9.17) is 0 Å². The molecule has 0 spiro atoms. The lowest BCUT2D eigenvalue weighted by Gasteiger charge is -2.39. The maximum atomic E-state index is 12.4. The zero-order chi connectivity index (χ0) is 16.3. The van der Waals surface area contributed by atoms with E-state index in [9.17, 15) is 9.90 Å². The topological polar surface area (TPSA) is 78.4 Å².